The summed E-state index contributed by atoms with van der Waals surface area (Å²) in [7, 11) is 0. The Balaban J connectivity index is 0.000000170. The van der Waals surface area contributed by atoms with Crippen molar-refractivity contribution in [1.29, 1.82) is 0 Å². The predicted molar refractivity (Wildman–Crippen MR) is 113 cm³/mol. The molecule has 0 aromatic heterocycles. The molecule has 164 valence electrons. The molecule has 0 aromatic rings. The molecular formula is C20H36N6O3. The first-order valence-electron chi connectivity index (χ1n) is 10.5. The molecular weight excluding hydrogens is 372 g/mol. The number of hydrogen-bond donors (Lipinski definition) is 7. The number of carbonyl (C=O) groups excluding carboxylic acids is 2. The Kier molecular flexibility index (Phi) is 9.43. The molecule has 29 heavy (non-hydrogen) atoms. The van der Waals surface area contributed by atoms with Crippen LogP contribution in [0.2, 0.25) is 0 Å². The van der Waals surface area contributed by atoms with E-state index in [9.17, 15) is 9.59 Å². The summed E-state index contributed by atoms with van der Waals surface area (Å²) < 4.78 is 0. The molecule has 4 atom stereocenters. The standard InChI is InChI=1S/C10H17N3O.C6H14N2.C4H5NO2/c11-8-3-1-2-4-9(8)13-7-5-10(14)12-6-7;7-5-3-1-2-4-6(5)8;6-3-1-4(7)5-2-3/h5,8-9,13H,1-4,6,11H2,(H,12,14);5-6H,1-4,7-8H2;1,6H,2H2,(H,5,7). The molecule has 0 radical (unpaired) electrons. The van der Waals surface area contributed by atoms with Crippen LogP contribution in [0.3, 0.4) is 0 Å². The lowest BCUT2D eigenvalue weighted by molar-refractivity contribution is -0.116. The second kappa shape index (κ2) is 11.8. The highest BCUT2D eigenvalue weighted by Crippen LogP contribution is 2.18. The number of hydrogen-bond acceptors (Lipinski definition) is 7. The van der Waals surface area contributed by atoms with Crippen molar-refractivity contribution in [3.05, 3.63) is 23.6 Å². The maximum Gasteiger partial charge on any atom is 0.247 e. The maximum absolute atomic E-state index is 10.9. The first kappa shape index (κ1) is 23.2. The van der Waals surface area contributed by atoms with Crippen molar-refractivity contribution in [1.82, 2.24) is 16.0 Å². The van der Waals surface area contributed by atoms with Crippen molar-refractivity contribution >= 4 is 11.8 Å². The summed E-state index contributed by atoms with van der Waals surface area (Å²) in [6.07, 6.45) is 12.3. The second-order valence-electron chi connectivity index (χ2n) is 8.05. The van der Waals surface area contributed by atoms with Gasteiger partial charge in [0.25, 0.3) is 0 Å². The van der Waals surface area contributed by atoms with Crippen LogP contribution in [0, 0.1) is 0 Å². The van der Waals surface area contributed by atoms with E-state index in [-0.39, 0.29) is 35.7 Å². The van der Waals surface area contributed by atoms with Gasteiger partial charge in [-0.25, -0.2) is 0 Å². The number of nitrogens with two attached hydrogens (primary N) is 3. The van der Waals surface area contributed by atoms with Gasteiger partial charge in [-0.2, -0.15) is 0 Å². The molecule has 9 nitrogen and oxygen atoms in total. The summed E-state index contributed by atoms with van der Waals surface area (Å²) in [6, 6.07) is 1.15. The number of rotatable bonds is 2. The highest BCUT2D eigenvalue weighted by Gasteiger charge is 2.23. The predicted octanol–water partition coefficient (Wildman–Crippen LogP) is -0.367. The van der Waals surface area contributed by atoms with Gasteiger partial charge in [0.05, 0.1) is 13.1 Å². The molecule has 2 aliphatic carbocycles. The van der Waals surface area contributed by atoms with Crippen LogP contribution < -0.4 is 33.2 Å². The zero-order valence-electron chi connectivity index (χ0n) is 17.0. The van der Waals surface area contributed by atoms with Crippen molar-refractivity contribution in [2.75, 3.05) is 13.1 Å². The van der Waals surface area contributed by atoms with Crippen LogP contribution in [-0.4, -0.2) is 54.2 Å². The zero-order chi connectivity index (χ0) is 21.2. The van der Waals surface area contributed by atoms with Gasteiger partial charge in [-0.05, 0) is 25.7 Å². The lowest BCUT2D eigenvalue weighted by atomic mass is 9.91. The monoisotopic (exact) mass is 408 g/mol. The third-order valence-corrected chi connectivity index (χ3v) is 5.56. The lowest BCUT2D eigenvalue weighted by Crippen LogP contribution is -2.47. The largest absolute Gasteiger partial charge is 0.510 e. The third-order valence-electron chi connectivity index (χ3n) is 5.56. The average molecular weight is 409 g/mol. The highest BCUT2D eigenvalue weighted by atomic mass is 16.3. The number of aliphatic hydroxyl groups is 1. The average Bonchev–Trinajstić information content (AvgIpc) is 3.28. The van der Waals surface area contributed by atoms with Crippen LogP contribution in [0.15, 0.2) is 23.6 Å². The van der Waals surface area contributed by atoms with Gasteiger partial charge in [0.1, 0.15) is 5.76 Å². The Morgan fingerprint density at radius 2 is 1.31 bits per heavy atom. The molecule has 0 aromatic carbocycles. The number of carbonyl (C=O) groups is 2. The Morgan fingerprint density at radius 3 is 1.69 bits per heavy atom. The molecule has 4 rings (SSSR count). The summed E-state index contributed by atoms with van der Waals surface area (Å²) in [4.78, 5) is 21.0. The topological polar surface area (TPSA) is 169 Å². The molecule has 2 heterocycles. The fraction of sp³-hybridized carbons (Fsp3) is 0.700. The molecule has 9 heteroatoms. The Bertz CT molecular complexity index is 611. The molecule has 2 aliphatic heterocycles. The van der Waals surface area contributed by atoms with Crippen LogP contribution in [0.5, 0.6) is 0 Å². The van der Waals surface area contributed by atoms with E-state index in [0.717, 1.165) is 31.4 Å². The summed E-state index contributed by atoms with van der Waals surface area (Å²) in [5, 5.41) is 17.0. The van der Waals surface area contributed by atoms with Gasteiger partial charge in [0, 0.05) is 42.0 Å². The number of nitrogens with one attached hydrogen (secondary N) is 3. The summed E-state index contributed by atoms with van der Waals surface area (Å²) in [6.45, 7) is 0.918. The van der Waals surface area contributed by atoms with E-state index < -0.39 is 0 Å². The first-order valence-corrected chi connectivity index (χ1v) is 10.5. The zero-order valence-corrected chi connectivity index (χ0v) is 17.0. The minimum Gasteiger partial charge on any atom is -0.510 e. The number of amides is 2. The minimum absolute atomic E-state index is 0.00289. The van der Waals surface area contributed by atoms with Crippen molar-refractivity contribution in [2.45, 2.75) is 75.5 Å². The van der Waals surface area contributed by atoms with Crippen LogP contribution in [0.1, 0.15) is 51.4 Å². The van der Waals surface area contributed by atoms with Gasteiger partial charge in [-0.15, -0.1) is 0 Å². The molecule has 2 amide bonds. The van der Waals surface area contributed by atoms with Crippen LogP contribution in [0.4, 0.5) is 0 Å². The third kappa shape index (κ3) is 8.43. The summed E-state index contributed by atoms with van der Waals surface area (Å²) in [5.41, 5.74) is 18.3. The van der Waals surface area contributed by atoms with Crippen LogP contribution >= 0.6 is 0 Å². The Labute approximate surface area is 172 Å². The first-order chi connectivity index (χ1) is 13.8. The van der Waals surface area contributed by atoms with Crippen molar-refractivity contribution in [2.24, 2.45) is 17.2 Å². The lowest BCUT2D eigenvalue weighted by Gasteiger charge is -2.30. The van der Waals surface area contributed by atoms with Gasteiger partial charge >= 0.3 is 0 Å². The van der Waals surface area contributed by atoms with Crippen molar-refractivity contribution < 1.29 is 14.7 Å². The van der Waals surface area contributed by atoms with E-state index in [1.54, 1.807) is 6.08 Å². The molecule has 4 unspecified atom stereocenters. The van der Waals surface area contributed by atoms with Crippen molar-refractivity contribution in [3.8, 4) is 0 Å². The second-order valence-corrected chi connectivity index (χ2v) is 8.05. The SMILES string of the molecule is NC1CCCCC1N.NC1CCCCC1NC1=CC(=O)NC1.O=C1C=C(O)CN1. The minimum atomic E-state index is -0.211. The van der Waals surface area contributed by atoms with E-state index in [1.165, 1.54) is 31.8 Å². The van der Waals surface area contributed by atoms with E-state index in [1.807, 2.05) is 0 Å². The molecule has 2 fully saturated rings. The highest BCUT2D eigenvalue weighted by molar-refractivity contribution is 5.91. The smallest absolute Gasteiger partial charge is 0.247 e. The molecule has 0 saturated heterocycles. The normalized spacial score (nSPS) is 31.1. The van der Waals surface area contributed by atoms with E-state index in [0.29, 0.717) is 19.1 Å². The Hall–Kier alpha value is -2.10. The summed E-state index contributed by atoms with van der Waals surface area (Å²) in [5.74, 6) is -0.0978. The molecule has 4 aliphatic rings. The van der Waals surface area contributed by atoms with E-state index in [4.69, 9.17) is 22.3 Å². The Morgan fingerprint density at radius 1 is 0.793 bits per heavy atom. The van der Waals surface area contributed by atoms with Crippen molar-refractivity contribution in [3.63, 3.8) is 0 Å². The fourth-order valence-corrected chi connectivity index (χ4v) is 3.73. The van der Waals surface area contributed by atoms with E-state index >= 15 is 0 Å². The molecule has 0 spiro atoms. The van der Waals surface area contributed by atoms with Gasteiger partial charge < -0.3 is 38.3 Å². The molecule has 10 N–H and O–H groups in total. The van der Waals surface area contributed by atoms with Crippen LogP contribution in [0.25, 0.3) is 0 Å². The molecule has 2 saturated carbocycles. The fourth-order valence-electron chi connectivity index (χ4n) is 3.73. The van der Waals surface area contributed by atoms with Crippen LogP contribution in [-0.2, 0) is 9.59 Å². The van der Waals surface area contributed by atoms with Gasteiger partial charge in [0.2, 0.25) is 11.8 Å². The molecule has 0 bridgehead atoms. The van der Waals surface area contributed by atoms with Gasteiger partial charge in [0.15, 0.2) is 0 Å². The van der Waals surface area contributed by atoms with Gasteiger partial charge in [-0.1, -0.05) is 25.7 Å². The van der Waals surface area contributed by atoms with E-state index in [2.05, 4.69) is 16.0 Å². The number of aliphatic hydroxyl groups excluding tert-OH is 1. The quantitative estimate of drug-likeness (QED) is 0.327. The summed E-state index contributed by atoms with van der Waals surface area (Å²) >= 11 is 0. The maximum atomic E-state index is 10.9. The van der Waals surface area contributed by atoms with Gasteiger partial charge in [-0.3, -0.25) is 9.59 Å².